The smallest absolute Gasteiger partial charge is 0.285 e. The molecule has 3 rings (SSSR count). The first-order valence-electron chi connectivity index (χ1n) is 6.91. The number of nitrogens with one attached hydrogen (secondary N) is 1. The van der Waals surface area contributed by atoms with Crippen molar-refractivity contribution in [2.75, 3.05) is 24.5 Å². The average Bonchev–Trinajstić information content (AvgIpc) is 2.54. The molecule has 2 aromatic rings. The van der Waals surface area contributed by atoms with Crippen molar-refractivity contribution in [3.8, 4) is 0 Å². The maximum absolute atomic E-state index is 12.4. The van der Waals surface area contributed by atoms with Crippen LogP contribution < -0.4 is 10.5 Å². The number of halogens is 2. The molecule has 0 aliphatic carbocycles. The highest BCUT2D eigenvalue weighted by Gasteiger charge is 2.26. The van der Waals surface area contributed by atoms with E-state index in [1.807, 2.05) is 6.07 Å². The van der Waals surface area contributed by atoms with Crippen LogP contribution in [0.3, 0.4) is 0 Å². The van der Waals surface area contributed by atoms with E-state index in [9.17, 15) is 9.59 Å². The molecule has 0 saturated carbocycles. The number of aromatic amines is 1. The van der Waals surface area contributed by atoms with Crippen LogP contribution in [0, 0.1) is 0 Å². The van der Waals surface area contributed by atoms with E-state index in [2.05, 4.69) is 15.2 Å². The van der Waals surface area contributed by atoms with Crippen LogP contribution in [0.5, 0.6) is 0 Å². The van der Waals surface area contributed by atoms with Crippen molar-refractivity contribution in [1.82, 2.24) is 20.1 Å². The van der Waals surface area contributed by atoms with Gasteiger partial charge in [-0.15, -0.1) is 0 Å². The Morgan fingerprint density at radius 1 is 1.26 bits per heavy atom. The summed E-state index contributed by atoms with van der Waals surface area (Å²) in [6.45, 7) is 1.57. The molecule has 1 aliphatic rings. The van der Waals surface area contributed by atoms with E-state index in [0.29, 0.717) is 30.5 Å². The van der Waals surface area contributed by atoms with Crippen LogP contribution >= 0.6 is 23.2 Å². The van der Waals surface area contributed by atoms with E-state index in [0.717, 1.165) is 5.56 Å². The first-order valence-corrected chi connectivity index (χ1v) is 7.67. The van der Waals surface area contributed by atoms with Crippen LogP contribution in [0.4, 0.5) is 5.69 Å². The summed E-state index contributed by atoms with van der Waals surface area (Å²) in [6.07, 6.45) is 3.05. The lowest BCUT2D eigenvalue weighted by Crippen LogP contribution is -2.50. The van der Waals surface area contributed by atoms with E-state index in [-0.39, 0.29) is 17.5 Å². The molecule has 0 bridgehead atoms. The number of hydrogen-bond acceptors (Lipinski definition) is 5. The second kappa shape index (κ2) is 6.55. The van der Waals surface area contributed by atoms with Crippen molar-refractivity contribution in [2.24, 2.45) is 0 Å². The van der Waals surface area contributed by atoms with Crippen molar-refractivity contribution in [1.29, 1.82) is 0 Å². The minimum absolute atomic E-state index is 0.0385. The highest BCUT2D eigenvalue weighted by molar-refractivity contribution is 6.33. The number of aromatic nitrogens is 3. The quantitative estimate of drug-likeness (QED) is 0.841. The van der Waals surface area contributed by atoms with Crippen LogP contribution in [0.1, 0.15) is 5.56 Å². The van der Waals surface area contributed by atoms with Gasteiger partial charge in [0.2, 0.25) is 5.91 Å². The van der Waals surface area contributed by atoms with Gasteiger partial charge in [-0.2, -0.15) is 5.10 Å². The molecule has 23 heavy (non-hydrogen) atoms. The molecule has 0 radical (unpaired) electrons. The zero-order chi connectivity index (χ0) is 16.4. The van der Waals surface area contributed by atoms with Gasteiger partial charge in [0, 0.05) is 31.4 Å². The van der Waals surface area contributed by atoms with Crippen molar-refractivity contribution >= 4 is 34.8 Å². The Morgan fingerprint density at radius 2 is 2.09 bits per heavy atom. The number of carbonyl (C=O) groups excluding carboxylic acids is 1. The molecule has 7 nitrogen and oxygen atoms in total. The zero-order valence-corrected chi connectivity index (χ0v) is 13.5. The van der Waals surface area contributed by atoms with Gasteiger partial charge in [-0.25, -0.2) is 10.1 Å². The molecule has 9 heteroatoms. The van der Waals surface area contributed by atoms with E-state index in [1.165, 1.54) is 6.20 Å². The highest BCUT2D eigenvalue weighted by Crippen LogP contribution is 2.23. The molecule has 1 amide bonds. The van der Waals surface area contributed by atoms with Gasteiger partial charge in [0.25, 0.3) is 5.56 Å². The SMILES string of the molecule is O=C1CN(c2cn[nH]c(=O)c2Cl)CCN1Cc1cccnc1Cl. The summed E-state index contributed by atoms with van der Waals surface area (Å²) in [5.41, 5.74) is 0.788. The van der Waals surface area contributed by atoms with Crippen LogP contribution in [0.25, 0.3) is 0 Å². The largest absolute Gasteiger partial charge is 0.358 e. The third-order valence-corrected chi connectivity index (χ3v) is 4.34. The molecular weight excluding hydrogens is 341 g/mol. The summed E-state index contributed by atoms with van der Waals surface area (Å²) >= 11 is 12.0. The van der Waals surface area contributed by atoms with Crippen molar-refractivity contribution in [3.63, 3.8) is 0 Å². The molecule has 1 N–H and O–H groups in total. The molecule has 1 saturated heterocycles. The fourth-order valence-electron chi connectivity index (χ4n) is 2.42. The van der Waals surface area contributed by atoms with Crippen molar-refractivity contribution in [3.05, 3.63) is 50.6 Å². The molecule has 1 fully saturated rings. The Bertz CT molecular complexity index is 795. The zero-order valence-electron chi connectivity index (χ0n) is 12.0. The summed E-state index contributed by atoms with van der Waals surface area (Å²) in [5, 5.41) is 6.42. The van der Waals surface area contributed by atoms with E-state index in [4.69, 9.17) is 23.2 Å². The van der Waals surface area contributed by atoms with Gasteiger partial charge in [-0.3, -0.25) is 9.59 Å². The Morgan fingerprint density at radius 3 is 2.83 bits per heavy atom. The number of carbonyl (C=O) groups is 1. The number of nitrogens with zero attached hydrogens (tertiary/aromatic N) is 4. The number of pyridine rings is 1. The van der Waals surface area contributed by atoms with E-state index in [1.54, 1.807) is 22.1 Å². The number of hydrogen-bond donors (Lipinski definition) is 1. The molecule has 2 aromatic heterocycles. The normalized spacial score (nSPS) is 15.1. The Balaban J connectivity index is 1.73. The molecule has 1 aliphatic heterocycles. The molecule has 0 unspecified atom stereocenters. The van der Waals surface area contributed by atoms with Gasteiger partial charge in [-0.05, 0) is 6.07 Å². The van der Waals surface area contributed by atoms with Crippen LogP contribution in [-0.2, 0) is 11.3 Å². The molecular formula is C14H13Cl2N5O2. The van der Waals surface area contributed by atoms with Crippen molar-refractivity contribution < 1.29 is 4.79 Å². The number of anilines is 1. The molecule has 0 spiro atoms. The monoisotopic (exact) mass is 353 g/mol. The Kier molecular flexibility index (Phi) is 4.49. The molecule has 0 aromatic carbocycles. The number of amides is 1. The summed E-state index contributed by atoms with van der Waals surface area (Å²) < 4.78 is 0. The fraction of sp³-hybridized carbons (Fsp3) is 0.286. The lowest BCUT2D eigenvalue weighted by molar-refractivity contribution is -0.131. The minimum Gasteiger partial charge on any atom is -0.358 e. The lowest BCUT2D eigenvalue weighted by Gasteiger charge is -2.35. The predicted octanol–water partition coefficient (Wildman–Crippen LogP) is 1.32. The third kappa shape index (κ3) is 3.30. The third-order valence-electron chi connectivity index (χ3n) is 3.63. The Labute approximate surface area is 141 Å². The van der Waals surface area contributed by atoms with Crippen LogP contribution in [0.15, 0.2) is 29.3 Å². The number of H-pyrrole nitrogens is 1. The minimum atomic E-state index is -0.471. The van der Waals surface area contributed by atoms with Gasteiger partial charge < -0.3 is 9.80 Å². The summed E-state index contributed by atoms with van der Waals surface area (Å²) in [5.74, 6) is -0.0764. The standard InChI is InChI=1S/C14H13Cl2N5O2/c15-12-10(6-18-19-14(12)23)20-4-5-21(11(22)8-20)7-9-2-1-3-17-13(9)16/h1-3,6H,4-5,7-8H2,(H,19,23). The predicted molar refractivity (Wildman–Crippen MR) is 86.7 cm³/mol. The number of piperazine rings is 1. The molecule has 120 valence electrons. The summed E-state index contributed by atoms with van der Waals surface area (Å²) in [4.78, 5) is 31.3. The molecule has 3 heterocycles. The maximum atomic E-state index is 12.4. The average molecular weight is 354 g/mol. The van der Waals surface area contributed by atoms with Gasteiger partial charge in [-0.1, -0.05) is 29.3 Å². The van der Waals surface area contributed by atoms with E-state index < -0.39 is 5.56 Å². The second-order valence-electron chi connectivity index (χ2n) is 5.09. The second-order valence-corrected chi connectivity index (χ2v) is 5.82. The van der Waals surface area contributed by atoms with Gasteiger partial charge in [0.1, 0.15) is 10.2 Å². The first kappa shape index (κ1) is 15.8. The highest BCUT2D eigenvalue weighted by atomic mass is 35.5. The fourth-order valence-corrected chi connectivity index (χ4v) is 2.81. The van der Waals surface area contributed by atoms with Crippen LogP contribution in [0.2, 0.25) is 10.2 Å². The number of rotatable bonds is 3. The van der Waals surface area contributed by atoms with Gasteiger partial charge >= 0.3 is 0 Å². The maximum Gasteiger partial charge on any atom is 0.285 e. The lowest BCUT2D eigenvalue weighted by atomic mass is 10.2. The summed E-state index contributed by atoms with van der Waals surface area (Å²) in [6, 6.07) is 3.62. The Hall–Kier alpha value is -2.12. The first-order chi connectivity index (χ1) is 11.1. The summed E-state index contributed by atoms with van der Waals surface area (Å²) in [7, 11) is 0. The van der Waals surface area contributed by atoms with Gasteiger partial charge in [0.05, 0.1) is 18.4 Å². The topological polar surface area (TPSA) is 82.2 Å². The molecule has 0 atom stereocenters. The van der Waals surface area contributed by atoms with Crippen molar-refractivity contribution in [2.45, 2.75) is 6.54 Å². The van der Waals surface area contributed by atoms with Gasteiger partial charge in [0.15, 0.2) is 0 Å². The van der Waals surface area contributed by atoms with Crippen LogP contribution in [-0.4, -0.2) is 45.6 Å². The van der Waals surface area contributed by atoms with E-state index >= 15 is 0 Å².